The fourth-order valence-corrected chi connectivity index (χ4v) is 4.26. The molecule has 0 saturated carbocycles. The minimum Gasteiger partial charge on any atom is -0.366 e. The highest BCUT2D eigenvalue weighted by Gasteiger charge is 2.44. The summed E-state index contributed by atoms with van der Waals surface area (Å²) in [6.45, 7) is 1.44. The lowest BCUT2D eigenvalue weighted by atomic mass is 10.0. The van der Waals surface area contributed by atoms with Gasteiger partial charge in [-0.05, 0) is 37.1 Å². The van der Waals surface area contributed by atoms with Crippen molar-refractivity contribution in [3.63, 3.8) is 0 Å². The average molecular weight is 422 g/mol. The van der Waals surface area contributed by atoms with Gasteiger partial charge in [-0.1, -0.05) is 53.0 Å². The van der Waals surface area contributed by atoms with E-state index in [2.05, 4.69) is 0 Å². The molecule has 0 radical (unpaired) electrons. The predicted molar refractivity (Wildman–Crippen MR) is 108 cm³/mol. The maximum absolute atomic E-state index is 13.3. The number of rotatable bonds is 3. The van der Waals surface area contributed by atoms with Crippen molar-refractivity contribution in [3.05, 3.63) is 68.8 Å². The first-order valence-electron chi connectivity index (χ1n) is 8.57. The largest absolute Gasteiger partial charge is 0.366 e. The molecule has 27 heavy (non-hydrogen) atoms. The van der Waals surface area contributed by atoms with Crippen molar-refractivity contribution in [2.24, 2.45) is 0 Å². The Bertz CT molecular complexity index is 981. The first kappa shape index (κ1) is 18.4. The van der Waals surface area contributed by atoms with Crippen molar-refractivity contribution in [2.45, 2.75) is 12.8 Å². The van der Waals surface area contributed by atoms with Crippen LogP contribution < -0.4 is 4.90 Å². The molecule has 2 aromatic carbocycles. The Hall–Kier alpha value is -2.01. The van der Waals surface area contributed by atoms with Gasteiger partial charge in [0.25, 0.3) is 11.8 Å². The van der Waals surface area contributed by atoms with Gasteiger partial charge in [-0.25, -0.2) is 4.90 Å². The van der Waals surface area contributed by atoms with E-state index in [1.54, 1.807) is 42.5 Å². The Morgan fingerprint density at radius 2 is 1.52 bits per heavy atom. The Balaban J connectivity index is 1.89. The number of halogens is 3. The number of nitrogens with zero attached hydrogens (tertiary/aromatic N) is 2. The monoisotopic (exact) mass is 420 g/mol. The number of hydrogen-bond acceptors (Lipinski definition) is 3. The maximum atomic E-state index is 13.3. The van der Waals surface area contributed by atoms with Gasteiger partial charge in [0.05, 0.1) is 21.3 Å². The molecule has 2 aliphatic heterocycles. The third-order valence-corrected chi connectivity index (χ3v) is 5.64. The first-order chi connectivity index (χ1) is 13.0. The fourth-order valence-electron chi connectivity index (χ4n) is 3.54. The summed E-state index contributed by atoms with van der Waals surface area (Å²) >= 11 is 18.6. The first-order valence-corrected chi connectivity index (χ1v) is 9.70. The molecular formula is C20H15Cl3N2O2. The number of imide groups is 1. The summed E-state index contributed by atoms with van der Waals surface area (Å²) in [7, 11) is 0. The number of hydrogen-bond donors (Lipinski definition) is 0. The van der Waals surface area contributed by atoms with Crippen LogP contribution in [0.5, 0.6) is 0 Å². The van der Waals surface area contributed by atoms with E-state index in [1.807, 2.05) is 4.90 Å². The molecule has 0 spiro atoms. The third-order valence-electron chi connectivity index (χ3n) is 4.78. The van der Waals surface area contributed by atoms with Crippen LogP contribution >= 0.6 is 34.8 Å². The van der Waals surface area contributed by atoms with Crippen molar-refractivity contribution in [1.29, 1.82) is 0 Å². The normalized spacial score (nSPS) is 17.4. The summed E-state index contributed by atoms with van der Waals surface area (Å²) in [6, 6.07) is 11.7. The van der Waals surface area contributed by atoms with Crippen LogP contribution in [0.2, 0.25) is 15.1 Å². The molecule has 4 nitrogen and oxygen atoms in total. The summed E-state index contributed by atoms with van der Waals surface area (Å²) in [5.74, 6) is -0.810. The summed E-state index contributed by atoms with van der Waals surface area (Å²) in [6.07, 6.45) is 1.94. The van der Waals surface area contributed by atoms with Crippen LogP contribution in [0.15, 0.2) is 48.2 Å². The van der Waals surface area contributed by atoms with Gasteiger partial charge in [0.15, 0.2) is 0 Å². The van der Waals surface area contributed by atoms with E-state index in [0.29, 0.717) is 37.6 Å². The van der Waals surface area contributed by atoms with Gasteiger partial charge in [-0.3, -0.25) is 9.59 Å². The molecule has 2 aromatic rings. The number of carbonyl (C=O) groups excluding carboxylic acids is 2. The molecule has 2 aliphatic rings. The number of anilines is 1. The molecule has 2 heterocycles. The maximum Gasteiger partial charge on any atom is 0.282 e. The topological polar surface area (TPSA) is 40.6 Å². The number of benzene rings is 2. The fraction of sp³-hybridized carbons (Fsp3) is 0.200. The Morgan fingerprint density at radius 1 is 0.815 bits per heavy atom. The van der Waals surface area contributed by atoms with Crippen LogP contribution in [-0.4, -0.2) is 29.8 Å². The quantitative estimate of drug-likeness (QED) is 0.653. The number of para-hydroxylation sites is 1. The van der Waals surface area contributed by atoms with E-state index in [1.165, 1.54) is 0 Å². The van der Waals surface area contributed by atoms with E-state index in [0.717, 1.165) is 30.8 Å². The summed E-state index contributed by atoms with van der Waals surface area (Å²) < 4.78 is 0. The molecule has 0 aromatic heterocycles. The van der Waals surface area contributed by atoms with Crippen LogP contribution in [0.1, 0.15) is 18.4 Å². The van der Waals surface area contributed by atoms with Crippen LogP contribution in [0.3, 0.4) is 0 Å². The van der Waals surface area contributed by atoms with E-state index < -0.39 is 5.91 Å². The zero-order valence-corrected chi connectivity index (χ0v) is 16.5. The number of carbonyl (C=O) groups is 2. The lowest BCUT2D eigenvalue weighted by Crippen LogP contribution is -2.34. The minimum atomic E-state index is -0.431. The molecule has 138 valence electrons. The average Bonchev–Trinajstić information content (AvgIpc) is 3.23. The van der Waals surface area contributed by atoms with E-state index in [4.69, 9.17) is 34.8 Å². The standard InChI is InChI=1S/C20H15Cl3N2O2/c21-12-7-8-13(15(23)11-12)17-18(24-9-3-4-10-24)20(27)25(19(17)26)16-6-2-1-5-14(16)22/h1-2,5-8,11H,3-4,9-10H2. The minimum absolute atomic E-state index is 0.295. The second kappa shape index (κ2) is 7.19. The van der Waals surface area contributed by atoms with Crippen molar-refractivity contribution in [1.82, 2.24) is 4.90 Å². The molecule has 1 saturated heterocycles. The lowest BCUT2D eigenvalue weighted by Gasteiger charge is -2.20. The van der Waals surface area contributed by atoms with Gasteiger partial charge >= 0.3 is 0 Å². The van der Waals surface area contributed by atoms with Crippen molar-refractivity contribution in [3.8, 4) is 0 Å². The second-order valence-corrected chi connectivity index (χ2v) is 7.69. The molecule has 0 atom stereocenters. The summed E-state index contributed by atoms with van der Waals surface area (Å²) in [5, 5.41) is 1.13. The zero-order valence-electron chi connectivity index (χ0n) is 14.2. The highest BCUT2D eigenvalue weighted by Crippen LogP contribution is 2.40. The Labute approximate surface area is 171 Å². The highest BCUT2D eigenvalue weighted by molar-refractivity contribution is 6.49. The molecular weight excluding hydrogens is 407 g/mol. The molecule has 0 aliphatic carbocycles. The Kier molecular flexibility index (Phi) is 4.89. The van der Waals surface area contributed by atoms with Gasteiger partial charge < -0.3 is 4.90 Å². The highest BCUT2D eigenvalue weighted by atomic mass is 35.5. The number of amides is 2. The third kappa shape index (κ3) is 3.12. The predicted octanol–water partition coefficient (Wildman–Crippen LogP) is 5.03. The molecule has 4 rings (SSSR count). The lowest BCUT2D eigenvalue weighted by molar-refractivity contribution is -0.120. The van der Waals surface area contributed by atoms with E-state index >= 15 is 0 Å². The van der Waals surface area contributed by atoms with Gasteiger partial charge in [-0.15, -0.1) is 0 Å². The molecule has 0 unspecified atom stereocenters. The SMILES string of the molecule is O=C1C(c2ccc(Cl)cc2Cl)=C(N2CCCC2)C(=O)N1c1ccccc1Cl. The smallest absolute Gasteiger partial charge is 0.282 e. The van der Waals surface area contributed by atoms with Gasteiger partial charge in [0.2, 0.25) is 0 Å². The molecule has 1 fully saturated rings. The molecule has 2 amide bonds. The molecule has 0 bridgehead atoms. The summed E-state index contributed by atoms with van der Waals surface area (Å²) in [5.41, 5.74) is 1.53. The van der Waals surface area contributed by atoms with Crippen molar-refractivity contribution >= 4 is 57.9 Å². The molecule has 7 heteroatoms. The van der Waals surface area contributed by atoms with Crippen LogP contribution in [0.4, 0.5) is 5.69 Å². The Morgan fingerprint density at radius 3 is 2.19 bits per heavy atom. The van der Waals surface area contributed by atoms with Crippen LogP contribution in [-0.2, 0) is 9.59 Å². The van der Waals surface area contributed by atoms with Crippen LogP contribution in [0, 0.1) is 0 Å². The van der Waals surface area contributed by atoms with E-state index in [-0.39, 0.29) is 5.91 Å². The van der Waals surface area contributed by atoms with E-state index in [9.17, 15) is 9.59 Å². The number of likely N-dealkylation sites (tertiary alicyclic amines) is 1. The zero-order chi connectivity index (χ0) is 19.1. The second-order valence-electron chi connectivity index (χ2n) is 6.44. The van der Waals surface area contributed by atoms with Crippen LogP contribution in [0.25, 0.3) is 5.57 Å². The molecule has 0 N–H and O–H groups in total. The van der Waals surface area contributed by atoms with Gasteiger partial charge in [-0.2, -0.15) is 0 Å². The van der Waals surface area contributed by atoms with Gasteiger partial charge in [0.1, 0.15) is 5.70 Å². The van der Waals surface area contributed by atoms with Gasteiger partial charge in [0, 0.05) is 23.7 Å². The van der Waals surface area contributed by atoms with Crippen molar-refractivity contribution in [2.75, 3.05) is 18.0 Å². The summed E-state index contributed by atoms with van der Waals surface area (Å²) in [4.78, 5) is 29.7. The van der Waals surface area contributed by atoms with Crippen molar-refractivity contribution < 1.29 is 9.59 Å².